The van der Waals surface area contributed by atoms with E-state index in [0.717, 1.165) is 11.8 Å². The minimum atomic E-state index is -0.697. The number of methoxy groups -OCH3 is 1. The van der Waals surface area contributed by atoms with Gasteiger partial charge in [-0.3, -0.25) is 10.1 Å². The lowest BCUT2D eigenvalue weighted by atomic mass is 10.0. The molecule has 0 aliphatic carbocycles. The molecule has 0 aliphatic heterocycles. The van der Waals surface area contributed by atoms with E-state index in [9.17, 15) is 14.4 Å². The van der Waals surface area contributed by atoms with E-state index >= 15 is 0 Å². The molecule has 138 valence electrons. The first-order valence-corrected chi connectivity index (χ1v) is 8.29. The van der Waals surface area contributed by atoms with Gasteiger partial charge in [0.2, 0.25) is 0 Å². The fourth-order valence-corrected chi connectivity index (χ4v) is 2.36. The minimum absolute atomic E-state index is 0.0592. The van der Waals surface area contributed by atoms with Crippen LogP contribution in [0.25, 0.3) is 10.8 Å². The summed E-state index contributed by atoms with van der Waals surface area (Å²) in [6.45, 7) is 3.18. The van der Waals surface area contributed by atoms with E-state index in [2.05, 4.69) is 10.6 Å². The van der Waals surface area contributed by atoms with Gasteiger partial charge < -0.3 is 14.8 Å². The Hall–Kier alpha value is -3.09. The number of hydrogen-bond acceptors (Lipinski definition) is 5. The Morgan fingerprint density at radius 2 is 1.77 bits per heavy atom. The highest BCUT2D eigenvalue weighted by Crippen LogP contribution is 2.28. The van der Waals surface area contributed by atoms with Gasteiger partial charge in [-0.25, -0.2) is 9.59 Å². The van der Waals surface area contributed by atoms with Gasteiger partial charge in [-0.1, -0.05) is 31.2 Å². The van der Waals surface area contributed by atoms with Crippen molar-refractivity contribution in [3.05, 3.63) is 42.0 Å². The van der Waals surface area contributed by atoms with Crippen LogP contribution < -0.4 is 15.4 Å². The second-order valence-electron chi connectivity index (χ2n) is 5.77. The van der Waals surface area contributed by atoms with Crippen LogP contribution in [0.1, 0.15) is 30.6 Å². The standard InChI is InChI=1S/C19H22N2O5/c1-4-12(2)20-19(24)21-17(22)11-26-18(23)15-9-10-16(25-3)14-8-6-5-7-13(14)15/h5-10,12H,4,11H2,1-3H3,(H2,20,21,22,24)/t12-/m1/s1. The highest BCUT2D eigenvalue weighted by Gasteiger charge is 2.16. The number of fused-ring (bicyclic) bond motifs is 1. The van der Waals surface area contributed by atoms with Crippen LogP contribution in [0, 0.1) is 0 Å². The van der Waals surface area contributed by atoms with E-state index in [-0.39, 0.29) is 6.04 Å². The zero-order valence-corrected chi connectivity index (χ0v) is 15.0. The van der Waals surface area contributed by atoms with Crippen LogP contribution in [0.15, 0.2) is 36.4 Å². The molecule has 0 bridgehead atoms. The van der Waals surface area contributed by atoms with Crippen molar-refractivity contribution in [1.29, 1.82) is 0 Å². The van der Waals surface area contributed by atoms with Crippen molar-refractivity contribution in [2.75, 3.05) is 13.7 Å². The highest BCUT2D eigenvalue weighted by atomic mass is 16.5. The van der Waals surface area contributed by atoms with Crippen LogP contribution in [0.4, 0.5) is 4.79 Å². The van der Waals surface area contributed by atoms with Gasteiger partial charge in [-0.05, 0) is 30.9 Å². The molecule has 0 fully saturated rings. The Balaban J connectivity index is 2.01. The number of hydrogen-bond donors (Lipinski definition) is 2. The fraction of sp³-hybridized carbons (Fsp3) is 0.316. The molecular weight excluding hydrogens is 336 g/mol. The van der Waals surface area contributed by atoms with Crippen LogP contribution in [0.3, 0.4) is 0 Å². The van der Waals surface area contributed by atoms with Gasteiger partial charge in [0, 0.05) is 11.4 Å². The fourth-order valence-electron chi connectivity index (χ4n) is 2.36. The summed E-state index contributed by atoms with van der Waals surface area (Å²) in [7, 11) is 1.55. The maximum Gasteiger partial charge on any atom is 0.339 e. The quantitative estimate of drug-likeness (QED) is 0.774. The van der Waals surface area contributed by atoms with Crippen molar-refractivity contribution in [3.8, 4) is 5.75 Å². The molecule has 0 radical (unpaired) electrons. The Kier molecular flexibility index (Phi) is 6.54. The van der Waals surface area contributed by atoms with E-state index in [1.807, 2.05) is 26.0 Å². The lowest BCUT2D eigenvalue weighted by molar-refractivity contribution is -0.123. The Labute approximate surface area is 151 Å². The second kappa shape index (κ2) is 8.84. The molecule has 7 nitrogen and oxygen atoms in total. The predicted octanol–water partition coefficient (Wildman–Crippen LogP) is 2.63. The molecular formula is C19H22N2O5. The van der Waals surface area contributed by atoms with E-state index in [1.54, 1.807) is 31.4 Å². The molecule has 0 spiro atoms. The largest absolute Gasteiger partial charge is 0.496 e. The molecule has 2 rings (SSSR count). The number of ether oxygens (including phenoxy) is 2. The molecule has 0 heterocycles. The van der Waals surface area contributed by atoms with Crippen LogP contribution in [0.2, 0.25) is 0 Å². The van der Waals surface area contributed by atoms with Crippen LogP contribution in [0.5, 0.6) is 5.75 Å². The van der Waals surface area contributed by atoms with Crippen molar-refractivity contribution >= 4 is 28.7 Å². The van der Waals surface area contributed by atoms with Gasteiger partial charge in [-0.2, -0.15) is 0 Å². The Morgan fingerprint density at radius 3 is 2.42 bits per heavy atom. The van der Waals surface area contributed by atoms with Gasteiger partial charge in [0.15, 0.2) is 6.61 Å². The third-order valence-electron chi connectivity index (χ3n) is 3.90. The Morgan fingerprint density at radius 1 is 1.08 bits per heavy atom. The van der Waals surface area contributed by atoms with Crippen molar-refractivity contribution in [2.24, 2.45) is 0 Å². The van der Waals surface area contributed by atoms with Crippen LogP contribution in [-0.2, 0) is 9.53 Å². The topological polar surface area (TPSA) is 93.7 Å². The van der Waals surface area contributed by atoms with Crippen molar-refractivity contribution in [1.82, 2.24) is 10.6 Å². The molecule has 0 saturated heterocycles. The molecule has 0 aliphatic rings. The maximum atomic E-state index is 12.3. The molecule has 1 atom stereocenters. The minimum Gasteiger partial charge on any atom is -0.496 e. The first-order chi connectivity index (χ1) is 12.5. The number of nitrogens with one attached hydrogen (secondary N) is 2. The van der Waals surface area contributed by atoms with Crippen LogP contribution in [-0.4, -0.2) is 37.7 Å². The average Bonchev–Trinajstić information content (AvgIpc) is 2.64. The summed E-state index contributed by atoms with van der Waals surface area (Å²) in [6.07, 6.45) is 0.737. The summed E-state index contributed by atoms with van der Waals surface area (Å²) in [5.74, 6) is -0.713. The zero-order chi connectivity index (χ0) is 19.1. The van der Waals surface area contributed by atoms with E-state index in [4.69, 9.17) is 9.47 Å². The van der Waals surface area contributed by atoms with Crippen molar-refractivity contribution < 1.29 is 23.9 Å². The van der Waals surface area contributed by atoms with Crippen molar-refractivity contribution in [2.45, 2.75) is 26.3 Å². The number of rotatable bonds is 6. The van der Waals surface area contributed by atoms with Crippen LogP contribution >= 0.6 is 0 Å². The highest BCUT2D eigenvalue weighted by molar-refractivity contribution is 6.07. The maximum absolute atomic E-state index is 12.3. The second-order valence-corrected chi connectivity index (χ2v) is 5.77. The van der Waals surface area contributed by atoms with Gasteiger partial charge in [0.1, 0.15) is 5.75 Å². The van der Waals surface area contributed by atoms with Gasteiger partial charge in [-0.15, -0.1) is 0 Å². The average molecular weight is 358 g/mol. The molecule has 2 aromatic carbocycles. The summed E-state index contributed by atoms with van der Waals surface area (Å²) in [4.78, 5) is 35.7. The zero-order valence-electron chi connectivity index (χ0n) is 15.0. The number of esters is 1. The lowest BCUT2D eigenvalue weighted by Gasteiger charge is -2.12. The summed E-state index contributed by atoms with van der Waals surface area (Å²) < 4.78 is 10.3. The molecule has 7 heteroatoms. The Bertz CT molecular complexity index is 819. The van der Waals surface area contributed by atoms with E-state index in [0.29, 0.717) is 16.7 Å². The summed E-state index contributed by atoms with van der Waals surface area (Å²) >= 11 is 0. The number of urea groups is 1. The van der Waals surface area contributed by atoms with Gasteiger partial charge in [0.25, 0.3) is 5.91 Å². The predicted molar refractivity (Wildman–Crippen MR) is 97.2 cm³/mol. The molecule has 0 unspecified atom stereocenters. The molecule has 26 heavy (non-hydrogen) atoms. The number of carbonyl (C=O) groups excluding carboxylic acids is 3. The molecule has 0 aromatic heterocycles. The van der Waals surface area contributed by atoms with Gasteiger partial charge in [0.05, 0.1) is 12.7 Å². The van der Waals surface area contributed by atoms with E-state index < -0.39 is 24.5 Å². The first kappa shape index (κ1) is 19.2. The molecule has 2 N–H and O–H groups in total. The molecule has 2 aromatic rings. The molecule has 0 saturated carbocycles. The summed E-state index contributed by atoms with van der Waals surface area (Å²) in [6, 6.07) is 9.81. The lowest BCUT2D eigenvalue weighted by Crippen LogP contribution is -2.44. The normalized spacial score (nSPS) is 11.5. The van der Waals surface area contributed by atoms with Crippen molar-refractivity contribution in [3.63, 3.8) is 0 Å². The monoisotopic (exact) mass is 358 g/mol. The third-order valence-corrected chi connectivity index (χ3v) is 3.90. The SMILES string of the molecule is CC[C@@H](C)NC(=O)NC(=O)COC(=O)c1ccc(OC)c2ccccc12. The van der Waals surface area contributed by atoms with Gasteiger partial charge >= 0.3 is 12.0 Å². The number of carbonyl (C=O) groups is 3. The third kappa shape index (κ3) is 4.72. The summed E-state index contributed by atoms with van der Waals surface area (Å²) in [5.41, 5.74) is 0.318. The summed E-state index contributed by atoms with van der Waals surface area (Å²) in [5, 5.41) is 6.14. The number of benzene rings is 2. The number of amides is 3. The number of imide groups is 1. The smallest absolute Gasteiger partial charge is 0.339 e. The first-order valence-electron chi connectivity index (χ1n) is 8.29. The molecule has 3 amide bonds. The van der Waals surface area contributed by atoms with E-state index in [1.165, 1.54) is 0 Å².